The number of carbonyl (C=O) groups excluding carboxylic acids is 1. The van der Waals surface area contributed by atoms with Gasteiger partial charge in [-0.15, -0.1) is 0 Å². The predicted octanol–water partition coefficient (Wildman–Crippen LogP) is 3.72. The molecule has 0 spiro atoms. The van der Waals surface area contributed by atoms with E-state index in [2.05, 4.69) is 53.3 Å². The second-order valence-electron chi connectivity index (χ2n) is 5.40. The Morgan fingerprint density at radius 1 is 1.05 bits per heavy atom. The van der Waals surface area contributed by atoms with Crippen LogP contribution in [0.1, 0.15) is 17.5 Å². The zero-order valence-electron chi connectivity index (χ0n) is 12.0. The molecule has 2 nitrogen and oxygen atoms in total. The van der Waals surface area contributed by atoms with E-state index >= 15 is 0 Å². The van der Waals surface area contributed by atoms with Crippen molar-refractivity contribution in [2.45, 2.75) is 11.8 Å². The Balaban J connectivity index is 1.96. The standard InChI is InChI=1S/C19H18O2/c1-21-18(20)13-12-17-14-19(17,15-8-4-2-5-9-15)16-10-6-3-7-11-16/h2-13,17H,14H2,1H3/b13-12+/t17-/m0/s1. The highest BCUT2D eigenvalue weighted by Gasteiger charge is 2.54. The van der Waals surface area contributed by atoms with E-state index in [1.54, 1.807) is 0 Å². The highest BCUT2D eigenvalue weighted by molar-refractivity contribution is 5.82. The summed E-state index contributed by atoms with van der Waals surface area (Å²) in [6, 6.07) is 21.0. The summed E-state index contributed by atoms with van der Waals surface area (Å²) < 4.78 is 4.68. The van der Waals surface area contributed by atoms with Crippen LogP contribution in [0.2, 0.25) is 0 Å². The first-order valence-corrected chi connectivity index (χ1v) is 7.14. The van der Waals surface area contributed by atoms with Gasteiger partial charge in [0, 0.05) is 11.5 Å². The molecule has 0 saturated heterocycles. The zero-order chi connectivity index (χ0) is 14.7. The highest BCUT2D eigenvalue weighted by atomic mass is 16.5. The maximum Gasteiger partial charge on any atom is 0.330 e. The first-order valence-electron chi connectivity index (χ1n) is 7.14. The number of hydrogen-bond donors (Lipinski definition) is 0. The molecule has 0 radical (unpaired) electrons. The van der Waals surface area contributed by atoms with Crippen LogP contribution in [0.25, 0.3) is 0 Å². The lowest BCUT2D eigenvalue weighted by atomic mass is 9.85. The van der Waals surface area contributed by atoms with Crippen molar-refractivity contribution < 1.29 is 9.53 Å². The van der Waals surface area contributed by atoms with Crippen molar-refractivity contribution in [3.05, 3.63) is 83.9 Å². The maximum atomic E-state index is 11.3. The molecule has 1 aliphatic carbocycles. The Morgan fingerprint density at radius 2 is 1.57 bits per heavy atom. The Kier molecular flexibility index (Phi) is 3.61. The maximum absolute atomic E-state index is 11.3. The fourth-order valence-corrected chi connectivity index (χ4v) is 3.08. The van der Waals surface area contributed by atoms with E-state index in [0.29, 0.717) is 5.92 Å². The summed E-state index contributed by atoms with van der Waals surface area (Å²) in [6.45, 7) is 0. The molecule has 3 rings (SSSR count). The molecule has 0 N–H and O–H groups in total. The number of methoxy groups -OCH3 is 1. The molecule has 2 heteroatoms. The minimum Gasteiger partial charge on any atom is -0.466 e. The van der Waals surface area contributed by atoms with E-state index in [1.165, 1.54) is 24.3 Å². The lowest BCUT2D eigenvalue weighted by molar-refractivity contribution is -0.134. The van der Waals surface area contributed by atoms with Crippen LogP contribution in [0.3, 0.4) is 0 Å². The predicted molar refractivity (Wildman–Crippen MR) is 82.9 cm³/mol. The molecule has 0 unspecified atom stereocenters. The van der Waals surface area contributed by atoms with Crippen molar-refractivity contribution in [1.82, 2.24) is 0 Å². The van der Waals surface area contributed by atoms with Crippen LogP contribution < -0.4 is 0 Å². The quantitative estimate of drug-likeness (QED) is 0.629. The van der Waals surface area contributed by atoms with Gasteiger partial charge in [0.1, 0.15) is 0 Å². The summed E-state index contributed by atoms with van der Waals surface area (Å²) in [7, 11) is 1.40. The topological polar surface area (TPSA) is 26.3 Å². The van der Waals surface area contributed by atoms with Crippen molar-refractivity contribution in [1.29, 1.82) is 0 Å². The highest BCUT2D eigenvalue weighted by Crippen LogP contribution is 2.59. The van der Waals surface area contributed by atoms with E-state index in [1.807, 2.05) is 18.2 Å². The first kappa shape index (κ1) is 13.6. The van der Waals surface area contributed by atoms with Gasteiger partial charge in [-0.1, -0.05) is 66.7 Å². The van der Waals surface area contributed by atoms with Gasteiger partial charge >= 0.3 is 5.97 Å². The van der Waals surface area contributed by atoms with Crippen molar-refractivity contribution >= 4 is 5.97 Å². The van der Waals surface area contributed by atoms with Crippen LogP contribution in [-0.4, -0.2) is 13.1 Å². The lowest BCUT2D eigenvalue weighted by Gasteiger charge is -2.18. The van der Waals surface area contributed by atoms with Crippen molar-refractivity contribution in [3.8, 4) is 0 Å². The minimum atomic E-state index is -0.295. The smallest absolute Gasteiger partial charge is 0.330 e. The average Bonchev–Trinajstić information content (AvgIpc) is 3.30. The van der Waals surface area contributed by atoms with Crippen LogP contribution in [0.15, 0.2) is 72.8 Å². The molecule has 0 bridgehead atoms. The van der Waals surface area contributed by atoms with E-state index in [9.17, 15) is 4.79 Å². The summed E-state index contributed by atoms with van der Waals surface area (Å²) in [6.07, 6.45) is 4.54. The van der Waals surface area contributed by atoms with E-state index < -0.39 is 0 Å². The number of carbonyl (C=O) groups is 1. The van der Waals surface area contributed by atoms with Crippen LogP contribution in [0.4, 0.5) is 0 Å². The number of benzene rings is 2. The van der Waals surface area contributed by atoms with Gasteiger partial charge in [-0.2, -0.15) is 0 Å². The fourth-order valence-electron chi connectivity index (χ4n) is 3.08. The molecule has 21 heavy (non-hydrogen) atoms. The van der Waals surface area contributed by atoms with Gasteiger partial charge < -0.3 is 4.74 Å². The number of hydrogen-bond acceptors (Lipinski definition) is 2. The van der Waals surface area contributed by atoms with Crippen LogP contribution in [-0.2, 0) is 14.9 Å². The van der Waals surface area contributed by atoms with Gasteiger partial charge in [0.15, 0.2) is 0 Å². The fraction of sp³-hybridized carbons (Fsp3) is 0.211. The second kappa shape index (κ2) is 5.57. The molecule has 2 aromatic carbocycles. The summed E-state index contributed by atoms with van der Waals surface area (Å²) in [5, 5.41) is 0. The average molecular weight is 278 g/mol. The Morgan fingerprint density at radius 3 is 2.05 bits per heavy atom. The molecule has 1 atom stereocenters. The van der Waals surface area contributed by atoms with Gasteiger partial charge in [-0.05, 0) is 23.5 Å². The third-order valence-electron chi connectivity index (χ3n) is 4.26. The van der Waals surface area contributed by atoms with E-state index in [-0.39, 0.29) is 11.4 Å². The number of allylic oxidation sites excluding steroid dienone is 1. The molecule has 0 amide bonds. The van der Waals surface area contributed by atoms with Crippen LogP contribution in [0, 0.1) is 5.92 Å². The van der Waals surface area contributed by atoms with Crippen molar-refractivity contribution in [2.75, 3.05) is 7.11 Å². The normalized spacial score (nSPS) is 19.4. The molecule has 0 heterocycles. The molecule has 0 aliphatic heterocycles. The van der Waals surface area contributed by atoms with E-state index in [0.717, 1.165) is 6.42 Å². The Labute approximate surface area is 125 Å². The molecule has 1 saturated carbocycles. The van der Waals surface area contributed by atoms with Crippen molar-refractivity contribution in [3.63, 3.8) is 0 Å². The van der Waals surface area contributed by atoms with Crippen LogP contribution in [0.5, 0.6) is 0 Å². The van der Waals surface area contributed by atoms with Crippen LogP contribution >= 0.6 is 0 Å². The Hall–Kier alpha value is -2.35. The number of ether oxygens (including phenoxy) is 1. The van der Waals surface area contributed by atoms with Gasteiger partial charge in [0.05, 0.1) is 7.11 Å². The molecule has 2 aromatic rings. The Bertz CT molecular complexity index is 604. The number of rotatable bonds is 4. The summed E-state index contributed by atoms with van der Waals surface area (Å²) in [4.78, 5) is 11.3. The monoisotopic (exact) mass is 278 g/mol. The molecular formula is C19H18O2. The summed E-state index contributed by atoms with van der Waals surface area (Å²) in [5.74, 6) is 0.0401. The second-order valence-corrected chi connectivity index (χ2v) is 5.40. The van der Waals surface area contributed by atoms with Gasteiger partial charge in [-0.25, -0.2) is 4.79 Å². The lowest BCUT2D eigenvalue weighted by Crippen LogP contribution is -2.11. The summed E-state index contributed by atoms with van der Waals surface area (Å²) in [5.41, 5.74) is 2.60. The molecule has 1 aliphatic rings. The zero-order valence-corrected chi connectivity index (χ0v) is 12.0. The minimum absolute atomic E-state index is 0.00690. The van der Waals surface area contributed by atoms with Gasteiger partial charge in [0.2, 0.25) is 0 Å². The van der Waals surface area contributed by atoms with E-state index in [4.69, 9.17) is 0 Å². The van der Waals surface area contributed by atoms with Gasteiger partial charge in [-0.3, -0.25) is 0 Å². The SMILES string of the molecule is COC(=O)/C=C/[C@H]1CC1(c1ccccc1)c1ccccc1. The molecule has 106 valence electrons. The van der Waals surface area contributed by atoms with Crippen molar-refractivity contribution in [2.24, 2.45) is 5.92 Å². The number of esters is 1. The molecular weight excluding hydrogens is 260 g/mol. The molecule has 1 fully saturated rings. The largest absolute Gasteiger partial charge is 0.466 e. The molecule has 0 aromatic heterocycles. The summed E-state index contributed by atoms with van der Waals surface area (Å²) >= 11 is 0. The first-order chi connectivity index (χ1) is 10.3. The third-order valence-corrected chi connectivity index (χ3v) is 4.26. The van der Waals surface area contributed by atoms with Gasteiger partial charge in [0.25, 0.3) is 0 Å². The third kappa shape index (κ3) is 2.49.